The lowest BCUT2D eigenvalue weighted by molar-refractivity contribution is -0.142. The fourth-order valence-corrected chi connectivity index (χ4v) is 1.51. The molecular weight excluding hydrogens is 274 g/mol. The fraction of sp³-hybridized carbons (Fsp3) is 0.364. The van der Waals surface area contributed by atoms with Gasteiger partial charge >= 0.3 is 12.4 Å². The molecule has 0 radical (unpaired) electrons. The number of hydrogen-bond donors (Lipinski definition) is 1. The molecule has 1 rings (SSSR count). The van der Waals surface area contributed by atoms with Crippen molar-refractivity contribution in [1.82, 2.24) is 0 Å². The minimum Gasteiger partial charge on any atom is -0.323 e. The van der Waals surface area contributed by atoms with Gasteiger partial charge in [-0.05, 0) is 23.8 Å². The zero-order chi connectivity index (χ0) is 14.8. The van der Waals surface area contributed by atoms with E-state index < -0.39 is 41.5 Å². The highest BCUT2D eigenvalue weighted by molar-refractivity contribution is 5.37. The summed E-state index contributed by atoms with van der Waals surface area (Å²) in [7, 11) is 0. The first-order valence-electron chi connectivity index (χ1n) is 4.98. The van der Waals surface area contributed by atoms with Gasteiger partial charge in [0.15, 0.2) is 0 Å². The van der Waals surface area contributed by atoms with Crippen LogP contribution in [-0.2, 0) is 12.4 Å². The molecule has 0 aliphatic rings. The molecule has 0 aliphatic heterocycles. The number of nitrogens with zero attached hydrogens (tertiary/aromatic N) is 1. The van der Waals surface area contributed by atoms with Crippen LogP contribution in [0.2, 0.25) is 0 Å². The Kier molecular flexibility index (Phi) is 4.10. The molecule has 2 N–H and O–H groups in total. The zero-order valence-electron chi connectivity index (χ0n) is 9.31. The Morgan fingerprint density at radius 3 is 2.11 bits per heavy atom. The number of nitriles is 1. The van der Waals surface area contributed by atoms with Crippen LogP contribution < -0.4 is 5.73 Å². The minimum atomic E-state index is -4.83. The molecule has 0 saturated carbocycles. The molecule has 0 unspecified atom stereocenters. The van der Waals surface area contributed by atoms with Gasteiger partial charge in [0, 0.05) is 6.04 Å². The molecule has 104 valence electrons. The quantitative estimate of drug-likeness (QED) is 0.842. The van der Waals surface area contributed by atoms with E-state index in [1.807, 2.05) is 0 Å². The van der Waals surface area contributed by atoms with Gasteiger partial charge in [0.1, 0.15) is 0 Å². The van der Waals surface area contributed by atoms with Gasteiger partial charge in [0.25, 0.3) is 0 Å². The van der Waals surface area contributed by atoms with Gasteiger partial charge in [-0.15, -0.1) is 0 Å². The highest BCUT2D eigenvalue weighted by Gasteiger charge is 2.38. The third-order valence-electron chi connectivity index (χ3n) is 2.39. The summed E-state index contributed by atoms with van der Waals surface area (Å²) in [5.74, 6) is 0. The molecule has 0 heterocycles. The van der Waals surface area contributed by atoms with Crippen LogP contribution in [0.5, 0.6) is 0 Å². The van der Waals surface area contributed by atoms with Crippen molar-refractivity contribution >= 4 is 0 Å². The van der Waals surface area contributed by atoms with Crippen molar-refractivity contribution in [3.05, 3.63) is 34.9 Å². The zero-order valence-corrected chi connectivity index (χ0v) is 9.31. The molecule has 8 heteroatoms. The van der Waals surface area contributed by atoms with Gasteiger partial charge in [-0.25, -0.2) is 0 Å². The second kappa shape index (κ2) is 5.09. The number of alkyl halides is 6. The molecule has 1 atom stereocenters. The molecule has 1 aromatic rings. The Morgan fingerprint density at radius 1 is 1.11 bits per heavy atom. The van der Waals surface area contributed by atoms with Crippen LogP contribution in [0.25, 0.3) is 0 Å². The van der Waals surface area contributed by atoms with E-state index in [9.17, 15) is 26.3 Å². The van der Waals surface area contributed by atoms with Gasteiger partial charge < -0.3 is 5.73 Å². The van der Waals surface area contributed by atoms with Crippen molar-refractivity contribution in [2.75, 3.05) is 0 Å². The Labute approximate surface area is 104 Å². The Hall–Kier alpha value is -1.75. The van der Waals surface area contributed by atoms with Gasteiger partial charge in [-0.2, -0.15) is 31.6 Å². The molecule has 19 heavy (non-hydrogen) atoms. The summed E-state index contributed by atoms with van der Waals surface area (Å²) in [6, 6.07) is 1.11. The first-order chi connectivity index (χ1) is 8.57. The van der Waals surface area contributed by atoms with Crippen molar-refractivity contribution in [3.8, 4) is 6.07 Å². The van der Waals surface area contributed by atoms with Crippen molar-refractivity contribution in [3.63, 3.8) is 0 Å². The maximum absolute atomic E-state index is 12.7. The van der Waals surface area contributed by atoms with Gasteiger partial charge in [-0.3, -0.25) is 0 Å². The molecule has 0 spiro atoms. The molecule has 0 saturated heterocycles. The van der Waals surface area contributed by atoms with E-state index in [2.05, 4.69) is 0 Å². The highest BCUT2D eigenvalue weighted by atomic mass is 19.4. The maximum atomic E-state index is 12.7. The van der Waals surface area contributed by atoms with E-state index >= 15 is 0 Å². The first kappa shape index (κ1) is 15.3. The van der Waals surface area contributed by atoms with Crippen molar-refractivity contribution in [2.24, 2.45) is 5.73 Å². The maximum Gasteiger partial charge on any atom is 0.416 e. The summed E-state index contributed by atoms with van der Waals surface area (Å²) in [5, 5.41) is 8.39. The summed E-state index contributed by atoms with van der Waals surface area (Å²) in [4.78, 5) is 0. The summed E-state index contributed by atoms with van der Waals surface area (Å²) in [6.07, 6.45) is -10.1. The smallest absolute Gasteiger partial charge is 0.323 e. The SMILES string of the molecule is N#CC[C@H](N)c1cc(C(F)(F)F)ccc1C(F)(F)F. The number of hydrogen-bond acceptors (Lipinski definition) is 2. The highest BCUT2D eigenvalue weighted by Crippen LogP contribution is 2.38. The van der Waals surface area contributed by atoms with Crippen LogP contribution >= 0.6 is 0 Å². The largest absolute Gasteiger partial charge is 0.416 e. The predicted octanol–water partition coefficient (Wildman–Crippen LogP) is 3.64. The van der Waals surface area contributed by atoms with E-state index in [-0.39, 0.29) is 0 Å². The third-order valence-corrected chi connectivity index (χ3v) is 2.39. The van der Waals surface area contributed by atoms with Crippen LogP contribution in [0.3, 0.4) is 0 Å². The van der Waals surface area contributed by atoms with Crippen LogP contribution in [-0.4, -0.2) is 0 Å². The minimum absolute atomic E-state index is 0.329. The van der Waals surface area contributed by atoms with E-state index in [0.29, 0.717) is 18.2 Å². The Balaban J connectivity index is 3.40. The van der Waals surface area contributed by atoms with Crippen LogP contribution in [0.4, 0.5) is 26.3 Å². The summed E-state index contributed by atoms with van der Waals surface area (Å²) in [6.45, 7) is 0. The summed E-state index contributed by atoms with van der Waals surface area (Å²) >= 11 is 0. The topological polar surface area (TPSA) is 49.8 Å². The molecule has 0 fully saturated rings. The number of benzene rings is 1. The van der Waals surface area contributed by atoms with Gasteiger partial charge in [-0.1, -0.05) is 0 Å². The van der Waals surface area contributed by atoms with Gasteiger partial charge in [0.05, 0.1) is 23.6 Å². The lowest BCUT2D eigenvalue weighted by Gasteiger charge is -2.18. The van der Waals surface area contributed by atoms with E-state index in [1.54, 1.807) is 0 Å². The average molecular weight is 282 g/mol. The Morgan fingerprint density at radius 2 is 1.68 bits per heavy atom. The number of halogens is 6. The molecule has 0 amide bonds. The standard InChI is InChI=1S/C11H8F6N2/c12-10(13,14)6-1-2-8(11(15,16)17)7(5-6)9(19)3-4-18/h1-2,5,9H,3,19H2/t9-/m0/s1. The fourth-order valence-electron chi connectivity index (χ4n) is 1.51. The van der Waals surface area contributed by atoms with Crippen LogP contribution in [0.15, 0.2) is 18.2 Å². The number of nitrogens with two attached hydrogens (primary N) is 1. The predicted molar refractivity (Wildman–Crippen MR) is 53.6 cm³/mol. The summed E-state index contributed by atoms with van der Waals surface area (Å²) in [5.41, 5.74) is 2.10. The lowest BCUT2D eigenvalue weighted by atomic mass is 9.96. The van der Waals surface area contributed by atoms with E-state index in [4.69, 9.17) is 11.0 Å². The normalized spacial score (nSPS) is 14.0. The third kappa shape index (κ3) is 3.61. The second-order valence-electron chi connectivity index (χ2n) is 3.77. The van der Waals surface area contributed by atoms with Crippen LogP contribution in [0, 0.1) is 11.3 Å². The second-order valence-corrected chi connectivity index (χ2v) is 3.77. The molecular formula is C11H8F6N2. The van der Waals surface area contributed by atoms with Crippen molar-refractivity contribution in [1.29, 1.82) is 5.26 Å². The molecule has 2 nitrogen and oxygen atoms in total. The molecule has 1 aromatic carbocycles. The molecule has 0 aromatic heterocycles. The number of rotatable bonds is 2. The monoisotopic (exact) mass is 282 g/mol. The summed E-state index contributed by atoms with van der Waals surface area (Å²) < 4.78 is 75.3. The molecule has 0 bridgehead atoms. The van der Waals surface area contributed by atoms with E-state index in [1.165, 1.54) is 6.07 Å². The molecule has 0 aliphatic carbocycles. The lowest BCUT2D eigenvalue weighted by Crippen LogP contribution is -2.19. The Bertz CT molecular complexity index is 497. The van der Waals surface area contributed by atoms with Crippen LogP contribution in [0.1, 0.15) is 29.2 Å². The van der Waals surface area contributed by atoms with Crippen molar-refractivity contribution < 1.29 is 26.3 Å². The average Bonchev–Trinajstić information content (AvgIpc) is 2.26. The van der Waals surface area contributed by atoms with E-state index in [0.717, 1.165) is 0 Å². The first-order valence-corrected chi connectivity index (χ1v) is 4.98. The van der Waals surface area contributed by atoms with Crippen molar-refractivity contribution in [2.45, 2.75) is 24.8 Å². The van der Waals surface area contributed by atoms with Gasteiger partial charge in [0.2, 0.25) is 0 Å².